The fraction of sp³-hybridized carbons (Fsp3) is 0.286. The van der Waals surface area contributed by atoms with Gasteiger partial charge in [-0.15, -0.1) is 0 Å². The SMILES string of the molecule is OC[C@H](S)c1ccccn1. The number of aliphatic hydroxyl groups is 1. The molecule has 0 radical (unpaired) electrons. The molecule has 0 bridgehead atoms. The molecule has 3 heteroatoms. The zero-order valence-electron chi connectivity index (χ0n) is 5.44. The number of rotatable bonds is 2. The summed E-state index contributed by atoms with van der Waals surface area (Å²) in [5, 5.41) is 8.52. The van der Waals surface area contributed by atoms with E-state index in [2.05, 4.69) is 17.6 Å². The molecule has 1 N–H and O–H groups in total. The van der Waals surface area contributed by atoms with Crippen LogP contribution in [0, 0.1) is 0 Å². The highest BCUT2D eigenvalue weighted by molar-refractivity contribution is 7.80. The lowest BCUT2D eigenvalue weighted by Gasteiger charge is -2.03. The Morgan fingerprint density at radius 2 is 2.40 bits per heavy atom. The molecule has 0 aliphatic rings. The van der Waals surface area contributed by atoms with Gasteiger partial charge in [-0.2, -0.15) is 12.6 Å². The van der Waals surface area contributed by atoms with Crippen LogP contribution in [0.1, 0.15) is 10.9 Å². The van der Waals surface area contributed by atoms with Gasteiger partial charge in [0.2, 0.25) is 0 Å². The minimum atomic E-state index is -0.152. The van der Waals surface area contributed by atoms with Gasteiger partial charge in [-0.05, 0) is 12.1 Å². The molecular weight excluding hydrogens is 146 g/mol. The fourth-order valence-electron chi connectivity index (χ4n) is 0.667. The zero-order valence-corrected chi connectivity index (χ0v) is 6.33. The van der Waals surface area contributed by atoms with E-state index in [-0.39, 0.29) is 11.9 Å². The van der Waals surface area contributed by atoms with E-state index in [1.54, 1.807) is 6.20 Å². The first-order chi connectivity index (χ1) is 4.84. The molecule has 0 aliphatic heterocycles. The molecule has 0 spiro atoms. The average molecular weight is 155 g/mol. The Morgan fingerprint density at radius 1 is 1.60 bits per heavy atom. The van der Waals surface area contributed by atoms with Crippen LogP contribution in [0.3, 0.4) is 0 Å². The number of thiol groups is 1. The molecule has 0 aliphatic carbocycles. The Hall–Kier alpha value is -0.540. The molecule has 0 unspecified atom stereocenters. The van der Waals surface area contributed by atoms with Crippen LogP contribution >= 0.6 is 12.6 Å². The fourth-order valence-corrected chi connectivity index (χ4v) is 0.819. The smallest absolute Gasteiger partial charge is 0.0670 e. The van der Waals surface area contributed by atoms with Gasteiger partial charge in [0.05, 0.1) is 17.6 Å². The summed E-state index contributed by atoms with van der Waals surface area (Å²) in [7, 11) is 0. The molecule has 10 heavy (non-hydrogen) atoms. The molecule has 1 heterocycles. The van der Waals surface area contributed by atoms with Crippen molar-refractivity contribution in [3.63, 3.8) is 0 Å². The maximum atomic E-state index is 8.67. The average Bonchev–Trinajstić information content (AvgIpc) is 2.05. The summed E-state index contributed by atoms with van der Waals surface area (Å²) in [6.45, 7) is 0.0279. The lowest BCUT2D eigenvalue weighted by atomic mass is 10.3. The summed E-state index contributed by atoms with van der Waals surface area (Å²) < 4.78 is 0. The maximum Gasteiger partial charge on any atom is 0.0670 e. The molecule has 1 rings (SSSR count). The minimum absolute atomic E-state index is 0.0279. The second-order valence-corrected chi connectivity index (χ2v) is 2.58. The van der Waals surface area contributed by atoms with Gasteiger partial charge in [-0.25, -0.2) is 0 Å². The van der Waals surface area contributed by atoms with Crippen molar-refractivity contribution in [3.05, 3.63) is 30.1 Å². The second-order valence-electron chi connectivity index (χ2n) is 1.95. The summed E-state index contributed by atoms with van der Waals surface area (Å²) in [6, 6.07) is 5.55. The summed E-state index contributed by atoms with van der Waals surface area (Å²) in [4.78, 5) is 4.01. The number of nitrogens with zero attached hydrogens (tertiary/aromatic N) is 1. The van der Waals surface area contributed by atoms with E-state index in [0.29, 0.717) is 0 Å². The van der Waals surface area contributed by atoms with Crippen LogP contribution in [-0.4, -0.2) is 16.7 Å². The topological polar surface area (TPSA) is 33.1 Å². The van der Waals surface area contributed by atoms with Crippen molar-refractivity contribution in [1.82, 2.24) is 4.98 Å². The van der Waals surface area contributed by atoms with Crippen LogP contribution in [0.25, 0.3) is 0 Å². The zero-order chi connectivity index (χ0) is 7.40. The van der Waals surface area contributed by atoms with E-state index in [1.165, 1.54) is 0 Å². The number of aliphatic hydroxyl groups excluding tert-OH is 1. The highest BCUT2D eigenvalue weighted by atomic mass is 32.1. The molecule has 1 aromatic heterocycles. The van der Waals surface area contributed by atoms with E-state index >= 15 is 0 Å². The highest BCUT2D eigenvalue weighted by Crippen LogP contribution is 2.14. The van der Waals surface area contributed by atoms with Gasteiger partial charge in [0.1, 0.15) is 0 Å². The second kappa shape index (κ2) is 3.58. The molecule has 2 nitrogen and oxygen atoms in total. The first-order valence-corrected chi connectivity index (χ1v) is 3.56. The largest absolute Gasteiger partial charge is 0.395 e. The van der Waals surface area contributed by atoms with E-state index in [4.69, 9.17) is 5.11 Å². The van der Waals surface area contributed by atoms with Crippen molar-refractivity contribution < 1.29 is 5.11 Å². The van der Waals surface area contributed by atoms with Gasteiger partial charge in [-0.1, -0.05) is 6.07 Å². The molecule has 0 saturated carbocycles. The van der Waals surface area contributed by atoms with Crippen LogP contribution in [0.2, 0.25) is 0 Å². The third-order valence-corrected chi connectivity index (χ3v) is 1.63. The predicted octanol–water partition coefficient (Wildman–Crippen LogP) is 1.04. The van der Waals surface area contributed by atoms with Crippen molar-refractivity contribution in [3.8, 4) is 0 Å². The van der Waals surface area contributed by atoms with Crippen LogP contribution in [0.5, 0.6) is 0 Å². The number of hydrogen-bond donors (Lipinski definition) is 2. The Morgan fingerprint density at radius 3 is 2.90 bits per heavy atom. The molecule has 54 valence electrons. The van der Waals surface area contributed by atoms with Crippen LogP contribution < -0.4 is 0 Å². The van der Waals surface area contributed by atoms with Crippen LogP contribution in [0.4, 0.5) is 0 Å². The molecule has 0 amide bonds. The summed E-state index contributed by atoms with van der Waals surface area (Å²) >= 11 is 4.11. The normalized spacial score (nSPS) is 13.0. The van der Waals surface area contributed by atoms with Crippen molar-refractivity contribution in [2.45, 2.75) is 5.25 Å². The summed E-state index contributed by atoms with van der Waals surface area (Å²) in [6.07, 6.45) is 1.69. The molecule has 1 atom stereocenters. The minimum Gasteiger partial charge on any atom is -0.395 e. The number of pyridine rings is 1. The molecule has 1 aromatic rings. The Labute approximate surface area is 65.3 Å². The highest BCUT2D eigenvalue weighted by Gasteiger charge is 2.03. The van der Waals surface area contributed by atoms with E-state index in [1.807, 2.05) is 18.2 Å². The lowest BCUT2D eigenvalue weighted by Crippen LogP contribution is -1.97. The van der Waals surface area contributed by atoms with Gasteiger partial charge >= 0.3 is 0 Å². The van der Waals surface area contributed by atoms with Crippen molar-refractivity contribution in [1.29, 1.82) is 0 Å². The molecule has 0 aromatic carbocycles. The van der Waals surface area contributed by atoms with Crippen LogP contribution in [0.15, 0.2) is 24.4 Å². The van der Waals surface area contributed by atoms with Crippen LogP contribution in [-0.2, 0) is 0 Å². The van der Waals surface area contributed by atoms with E-state index in [0.717, 1.165) is 5.69 Å². The van der Waals surface area contributed by atoms with Crippen molar-refractivity contribution in [2.24, 2.45) is 0 Å². The van der Waals surface area contributed by atoms with E-state index < -0.39 is 0 Å². The number of aromatic nitrogens is 1. The lowest BCUT2D eigenvalue weighted by molar-refractivity contribution is 0.295. The van der Waals surface area contributed by atoms with Gasteiger partial charge in [-0.3, -0.25) is 4.98 Å². The Kier molecular flexibility index (Phi) is 2.71. The summed E-state index contributed by atoms with van der Waals surface area (Å²) in [5.74, 6) is 0. The first kappa shape index (κ1) is 7.57. The molecule has 0 fully saturated rings. The Balaban J connectivity index is 2.75. The molecule has 0 saturated heterocycles. The monoisotopic (exact) mass is 155 g/mol. The quantitative estimate of drug-likeness (QED) is 0.626. The first-order valence-electron chi connectivity index (χ1n) is 3.04. The third kappa shape index (κ3) is 1.72. The maximum absolute atomic E-state index is 8.67. The number of hydrogen-bond acceptors (Lipinski definition) is 3. The molecular formula is C7H9NOS. The Bertz CT molecular complexity index is 190. The van der Waals surface area contributed by atoms with Crippen molar-refractivity contribution >= 4 is 12.6 Å². The summed E-state index contributed by atoms with van der Waals surface area (Å²) in [5.41, 5.74) is 0.813. The van der Waals surface area contributed by atoms with Gasteiger partial charge in [0.15, 0.2) is 0 Å². The van der Waals surface area contributed by atoms with Gasteiger partial charge in [0.25, 0.3) is 0 Å². The van der Waals surface area contributed by atoms with E-state index in [9.17, 15) is 0 Å². The van der Waals surface area contributed by atoms with Gasteiger partial charge in [0, 0.05) is 6.20 Å². The standard InChI is InChI=1S/C7H9NOS/c9-5-7(10)6-3-1-2-4-8-6/h1-4,7,9-10H,5H2/t7-/m0/s1. The van der Waals surface area contributed by atoms with Gasteiger partial charge < -0.3 is 5.11 Å². The predicted molar refractivity (Wildman–Crippen MR) is 43.0 cm³/mol. The third-order valence-electron chi connectivity index (χ3n) is 1.20. The van der Waals surface area contributed by atoms with Crippen molar-refractivity contribution in [2.75, 3.05) is 6.61 Å².